The monoisotopic (exact) mass is 184 g/mol. The second kappa shape index (κ2) is 2.54. The molecule has 3 nitrogen and oxygen atoms in total. The van der Waals surface area contributed by atoms with Crippen LogP contribution in [0.4, 0.5) is 0 Å². The third-order valence-electron chi connectivity index (χ3n) is 2.40. The lowest BCUT2D eigenvalue weighted by atomic mass is 10.1. The Morgan fingerprint density at radius 3 is 2.93 bits per heavy atom. The predicted molar refractivity (Wildman–Crippen MR) is 54.0 cm³/mol. The highest BCUT2D eigenvalue weighted by molar-refractivity contribution is 6.03. The maximum Gasteiger partial charge on any atom is 0.143 e. The number of hydrogen-bond acceptors (Lipinski definition) is 3. The number of fused-ring (bicyclic) bond motifs is 3. The van der Waals surface area contributed by atoms with E-state index in [-0.39, 0.29) is 0 Å². The number of aryl methyl sites for hydroxylation is 1. The van der Waals surface area contributed by atoms with E-state index in [1.54, 1.807) is 0 Å². The van der Waals surface area contributed by atoms with Crippen molar-refractivity contribution >= 4 is 21.8 Å². The number of pyridine rings is 1. The summed E-state index contributed by atoms with van der Waals surface area (Å²) < 4.78 is 5.13. The molecular formula is C11H8N2O. The van der Waals surface area contributed by atoms with Gasteiger partial charge in [0.1, 0.15) is 11.3 Å². The van der Waals surface area contributed by atoms with Crippen molar-refractivity contribution in [3.63, 3.8) is 0 Å². The van der Waals surface area contributed by atoms with Crippen molar-refractivity contribution in [1.29, 1.82) is 0 Å². The maximum absolute atomic E-state index is 5.13. The van der Waals surface area contributed by atoms with E-state index in [9.17, 15) is 0 Å². The van der Waals surface area contributed by atoms with Gasteiger partial charge in [0.15, 0.2) is 0 Å². The summed E-state index contributed by atoms with van der Waals surface area (Å²) in [5.74, 6) is 0.818. The molecule has 0 bridgehead atoms. The van der Waals surface area contributed by atoms with Crippen LogP contribution in [0.25, 0.3) is 21.8 Å². The summed E-state index contributed by atoms with van der Waals surface area (Å²) in [5, 5.41) is 6.06. The first kappa shape index (κ1) is 7.50. The van der Waals surface area contributed by atoms with E-state index >= 15 is 0 Å². The van der Waals surface area contributed by atoms with Crippen molar-refractivity contribution in [2.24, 2.45) is 0 Å². The molecule has 3 heteroatoms. The molecule has 0 radical (unpaired) electrons. The summed E-state index contributed by atoms with van der Waals surface area (Å²) in [5.41, 5.74) is 1.85. The molecule has 0 aliphatic carbocycles. The average Bonchev–Trinajstić information content (AvgIpc) is 2.61. The largest absolute Gasteiger partial charge is 0.360 e. The van der Waals surface area contributed by atoms with Crippen molar-refractivity contribution in [3.8, 4) is 0 Å². The van der Waals surface area contributed by atoms with E-state index in [1.807, 2.05) is 37.4 Å². The van der Waals surface area contributed by atoms with Gasteiger partial charge in [-0.3, -0.25) is 4.98 Å². The molecule has 2 aromatic heterocycles. The summed E-state index contributed by atoms with van der Waals surface area (Å²) in [6, 6.07) is 7.92. The fourth-order valence-electron chi connectivity index (χ4n) is 1.65. The topological polar surface area (TPSA) is 38.9 Å². The fraction of sp³-hybridized carbons (Fsp3) is 0.0909. The maximum atomic E-state index is 5.13. The second-order valence-electron chi connectivity index (χ2n) is 3.28. The summed E-state index contributed by atoms with van der Waals surface area (Å²) in [6.45, 7) is 1.89. The molecule has 0 spiro atoms. The van der Waals surface area contributed by atoms with Gasteiger partial charge in [-0.25, -0.2) is 0 Å². The van der Waals surface area contributed by atoms with Crippen LogP contribution in [0.5, 0.6) is 0 Å². The van der Waals surface area contributed by atoms with Crippen LogP contribution < -0.4 is 0 Å². The van der Waals surface area contributed by atoms with Gasteiger partial charge in [-0.1, -0.05) is 23.4 Å². The molecule has 0 saturated heterocycles. The molecule has 2 heterocycles. The van der Waals surface area contributed by atoms with Crippen LogP contribution in [0.1, 0.15) is 5.76 Å². The molecule has 1 aromatic carbocycles. The Balaban J connectivity index is 2.61. The summed E-state index contributed by atoms with van der Waals surface area (Å²) in [7, 11) is 0. The number of aromatic nitrogens is 2. The Labute approximate surface area is 80.3 Å². The first-order chi connectivity index (χ1) is 6.86. The van der Waals surface area contributed by atoms with E-state index in [0.717, 1.165) is 27.6 Å². The van der Waals surface area contributed by atoms with Gasteiger partial charge in [-0.15, -0.1) is 0 Å². The standard InChI is InChI=1S/C11H8N2O/c1-7-9-6-12-10-5-3-2-4-8(10)11(9)13-14-7/h2-6H,1H3. The molecule has 0 aliphatic heterocycles. The minimum absolute atomic E-state index is 0.818. The lowest BCUT2D eigenvalue weighted by Crippen LogP contribution is -1.79. The van der Waals surface area contributed by atoms with Gasteiger partial charge in [0.25, 0.3) is 0 Å². The highest BCUT2D eigenvalue weighted by atomic mass is 16.5. The molecule has 3 aromatic rings. The molecular weight excluding hydrogens is 176 g/mol. The van der Waals surface area contributed by atoms with Crippen LogP contribution >= 0.6 is 0 Å². The summed E-state index contributed by atoms with van der Waals surface area (Å²) in [6.07, 6.45) is 1.81. The molecule has 0 amide bonds. The first-order valence-corrected chi connectivity index (χ1v) is 4.46. The quantitative estimate of drug-likeness (QED) is 0.539. The predicted octanol–water partition coefficient (Wildman–Crippen LogP) is 2.68. The molecule has 0 saturated carbocycles. The third-order valence-corrected chi connectivity index (χ3v) is 2.40. The Morgan fingerprint density at radius 2 is 2.00 bits per heavy atom. The highest BCUT2D eigenvalue weighted by Crippen LogP contribution is 2.24. The van der Waals surface area contributed by atoms with Gasteiger partial charge in [0.05, 0.1) is 10.9 Å². The SMILES string of the molecule is Cc1onc2c1cnc1ccccc12. The van der Waals surface area contributed by atoms with Crippen molar-refractivity contribution in [2.75, 3.05) is 0 Å². The zero-order chi connectivity index (χ0) is 9.54. The van der Waals surface area contributed by atoms with Gasteiger partial charge < -0.3 is 4.52 Å². The molecule has 3 rings (SSSR count). The number of hydrogen-bond donors (Lipinski definition) is 0. The second-order valence-corrected chi connectivity index (χ2v) is 3.28. The number of rotatable bonds is 0. The first-order valence-electron chi connectivity index (χ1n) is 4.46. The average molecular weight is 184 g/mol. The molecule has 0 N–H and O–H groups in total. The number of benzene rings is 1. The van der Waals surface area contributed by atoms with Gasteiger partial charge >= 0.3 is 0 Å². The Hall–Kier alpha value is -1.90. The third kappa shape index (κ3) is 0.865. The fourth-order valence-corrected chi connectivity index (χ4v) is 1.65. The molecule has 0 atom stereocenters. The minimum atomic E-state index is 0.818. The van der Waals surface area contributed by atoms with Crippen molar-refractivity contribution in [1.82, 2.24) is 10.1 Å². The Kier molecular flexibility index (Phi) is 1.36. The Morgan fingerprint density at radius 1 is 1.14 bits per heavy atom. The van der Waals surface area contributed by atoms with Crippen LogP contribution in [-0.2, 0) is 0 Å². The van der Waals surface area contributed by atoms with Crippen molar-refractivity contribution in [3.05, 3.63) is 36.2 Å². The number of nitrogens with zero attached hydrogens (tertiary/aromatic N) is 2. The smallest absolute Gasteiger partial charge is 0.143 e. The van der Waals surface area contributed by atoms with E-state index in [2.05, 4.69) is 10.1 Å². The van der Waals surface area contributed by atoms with Crippen molar-refractivity contribution < 1.29 is 4.52 Å². The molecule has 0 aliphatic rings. The zero-order valence-electron chi connectivity index (χ0n) is 7.69. The minimum Gasteiger partial charge on any atom is -0.360 e. The van der Waals surface area contributed by atoms with Crippen LogP contribution in [-0.4, -0.2) is 10.1 Å². The van der Waals surface area contributed by atoms with E-state index in [4.69, 9.17) is 4.52 Å². The van der Waals surface area contributed by atoms with Gasteiger partial charge in [0, 0.05) is 11.6 Å². The van der Waals surface area contributed by atoms with E-state index < -0.39 is 0 Å². The van der Waals surface area contributed by atoms with E-state index in [0.29, 0.717) is 0 Å². The number of para-hydroxylation sites is 1. The zero-order valence-corrected chi connectivity index (χ0v) is 7.69. The summed E-state index contributed by atoms with van der Waals surface area (Å²) >= 11 is 0. The lowest BCUT2D eigenvalue weighted by molar-refractivity contribution is 0.406. The van der Waals surface area contributed by atoms with Gasteiger partial charge in [0.2, 0.25) is 0 Å². The van der Waals surface area contributed by atoms with Crippen LogP contribution in [0.3, 0.4) is 0 Å². The van der Waals surface area contributed by atoms with Crippen LogP contribution in [0.15, 0.2) is 35.0 Å². The van der Waals surface area contributed by atoms with Crippen LogP contribution in [0, 0.1) is 6.92 Å². The van der Waals surface area contributed by atoms with E-state index in [1.165, 1.54) is 0 Å². The normalized spacial score (nSPS) is 11.2. The Bertz CT molecular complexity index is 613. The van der Waals surface area contributed by atoms with Crippen molar-refractivity contribution in [2.45, 2.75) is 6.92 Å². The summed E-state index contributed by atoms with van der Waals surface area (Å²) in [4.78, 5) is 4.34. The molecule has 68 valence electrons. The molecule has 14 heavy (non-hydrogen) atoms. The van der Waals surface area contributed by atoms with Gasteiger partial charge in [-0.2, -0.15) is 0 Å². The van der Waals surface area contributed by atoms with Crippen LogP contribution in [0.2, 0.25) is 0 Å². The molecule has 0 unspecified atom stereocenters. The van der Waals surface area contributed by atoms with Gasteiger partial charge in [-0.05, 0) is 13.0 Å². The lowest BCUT2D eigenvalue weighted by Gasteiger charge is -1.95. The highest BCUT2D eigenvalue weighted by Gasteiger charge is 2.07. The molecule has 0 fully saturated rings.